The number of hydrogen-bond acceptors (Lipinski definition) is 6. The molecule has 1 saturated heterocycles. The molecule has 1 fully saturated rings. The Morgan fingerprint density at radius 2 is 1.93 bits per heavy atom. The first-order chi connectivity index (χ1) is 13.5. The number of hydrogen-bond donors (Lipinski definition) is 4. The van der Waals surface area contributed by atoms with E-state index >= 15 is 0 Å². The van der Waals surface area contributed by atoms with E-state index < -0.39 is 11.5 Å². The van der Waals surface area contributed by atoms with Crippen molar-refractivity contribution in [2.24, 2.45) is 0 Å². The molecule has 1 amide bonds. The number of H-pyrrole nitrogens is 1. The SMILES string of the molecule is COc1cc2[nH]c(=O)c(C(=O)NCCC[NH+]3CCOCC3)c(O)c2cc1OC. The number of rotatable bonds is 7. The molecular weight excluding hydrogens is 366 g/mol. The number of carbonyl (C=O) groups excluding carboxylic acids is 1. The Kier molecular flexibility index (Phi) is 6.37. The van der Waals surface area contributed by atoms with Crippen LogP contribution in [0.4, 0.5) is 0 Å². The zero-order chi connectivity index (χ0) is 20.1. The summed E-state index contributed by atoms with van der Waals surface area (Å²) in [5.74, 6) is -0.187. The number of aromatic nitrogens is 1. The van der Waals surface area contributed by atoms with E-state index in [-0.39, 0.29) is 11.3 Å². The molecular formula is C19H26N3O6+. The first kappa shape index (κ1) is 20.0. The Balaban J connectivity index is 1.74. The van der Waals surface area contributed by atoms with Gasteiger partial charge < -0.3 is 34.5 Å². The van der Waals surface area contributed by atoms with Crippen LogP contribution in [0.2, 0.25) is 0 Å². The summed E-state index contributed by atoms with van der Waals surface area (Å²) in [7, 11) is 2.94. The summed E-state index contributed by atoms with van der Waals surface area (Å²) < 4.78 is 15.7. The van der Waals surface area contributed by atoms with Gasteiger partial charge in [0.05, 0.1) is 39.5 Å². The Hall–Kier alpha value is -2.78. The molecule has 4 N–H and O–H groups in total. The van der Waals surface area contributed by atoms with Gasteiger partial charge in [-0.05, 0) is 6.07 Å². The van der Waals surface area contributed by atoms with E-state index in [0.717, 1.165) is 39.3 Å². The number of morpholine rings is 1. The van der Waals surface area contributed by atoms with Crippen molar-refractivity contribution in [3.63, 3.8) is 0 Å². The highest BCUT2D eigenvalue weighted by Crippen LogP contribution is 2.35. The van der Waals surface area contributed by atoms with Gasteiger partial charge in [0, 0.05) is 24.4 Å². The molecule has 1 aliphatic rings. The van der Waals surface area contributed by atoms with Crippen LogP contribution in [0.1, 0.15) is 16.8 Å². The number of pyridine rings is 1. The van der Waals surface area contributed by atoms with Gasteiger partial charge in [-0.15, -0.1) is 0 Å². The number of ether oxygens (including phenoxy) is 3. The lowest BCUT2D eigenvalue weighted by atomic mass is 10.1. The highest BCUT2D eigenvalue weighted by atomic mass is 16.5. The number of aromatic hydroxyl groups is 1. The van der Waals surface area contributed by atoms with E-state index in [1.165, 1.54) is 25.2 Å². The fraction of sp³-hybridized carbons (Fsp3) is 0.474. The largest absolute Gasteiger partial charge is 0.506 e. The number of methoxy groups -OCH3 is 2. The van der Waals surface area contributed by atoms with Gasteiger partial charge in [0.2, 0.25) is 0 Å². The summed E-state index contributed by atoms with van der Waals surface area (Å²) in [6.07, 6.45) is 0.776. The summed E-state index contributed by atoms with van der Waals surface area (Å²) in [5.41, 5.74) is -0.611. The zero-order valence-electron chi connectivity index (χ0n) is 16.1. The van der Waals surface area contributed by atoms with E-state index in [1.54, 1.807) is 6.07 Å². The smallest absolute Gasteiger partial charge is 0.265 e. The van der Waals surface area contributed by atoms with Gasteiger partial charge in [0.25, 0.3) is 11.5 Å². The molecule has 2 heterocycles. The summed E-state index contributed by atoms with van der Waals surface area (Å²) in [4.78, 5) is 28.9. The molecule has 1 aliphatic heterocycles. The maximum atomic E-state index is 12.5. The number of fused-ring (bicyclic) bond motifs is 1. The molecule has 2 aromatic rings. The van der Waals surface area contributed by atoms with Crippen LogP contribution in [0.3, 0.4) is 0 Å². The molecule has 3 rings (SSSR count). The lowest BCUT2D eigenvalue weighted by Crippen LogP contribution is -3.14. The van der Waals surface area contributed by atoms with Gasteiger partial charge in [-0.25, -0.2) is 0 Å². The van der Waals surface area contributed by atoms with Crippen LogP contribution in [0.15, 0.2) is 16.9 Å². The number of nitrogens with one attached hydrogen (secondary N) is 3. The van der Waals surface area contributed by atoms with Crippen molar-refractivity contribution in [3.05, 3.63) is 28.0 Å². The first-order valence-electron chi connectivity index (χ1n) is 9.25. The standard InChI is InChI=1S/C19H25N3O6/c1-26-14-10-12-13(11-15(14)27-2)21-19(25)16(17(12)23)18(24)20-4-3-5-22-6-8-28-9-7-22/h10-11H,3-9H2,1-2H3,(H,20,24)(H2,21,23,25)/p+1. The van der Waals surface area contributed by atoms with E-state index in [0.29, 0.717) is 28.9 Å². The van der Waals surface area contributed by atoms with Crippen LogP contribution >= 0.6 is 0 Å². The van der Waals surface area contributed by atoms with Crippen molar-refractivity contribution < 1.29 is 29.0 Å². The average Bonchev–Trinajstić information content (AvgIpc) is 2.71. The third-order valence-corrected chi connectivity index (χ3v) is 4.91. The lowest BCUT2D eigenvalue weighted by molar-refractivity contribution is -0.908. The van der Waals surface area contributed by atoms with Crippen molar-refractivity contribution in [3.8, 4) is 17.2 Å². The molecule has 1 aromatic carbocycles. The molecule has 0 spiro atoms. The Labute approximate surface area is 162 Å². The van der Waals surface area contributed by atoms with Crippen molar-refractivity contribution in [1.29, 1.82) is 0 Å². The molecule has 0 saturated carbocycles. The first-order valence-corrected chi connectivity index (χ1v) is 9.25. The summed E-state index contributed by atoms with van der Waals surface area (Å²) in [5, 5.41) is 13.6. The third kappa shape index (κ3) is 4.20. The Morgan fingerprint density at radius 1 is 1.25 bits per heavy atom. The number of aromatic amines is 1. The molecule has 0 bridgehead atoms. The van der Waals surface area contributed by atoms with Crippen molar-refractivity contribution >= 4 is 16.8 Å². The van der Waals surface area contributed by atoms with E-state index in [9.17, 15) is 14.7 Å². The fourth-order valence-electron chi connectivity index (χ4n) is 3.35. The molecule has 0 atom stereocenters. The number of carbonyl (C=O) groups is 1. The average molecular weight is 392 g/mol. The predicted octanol–water partition coefficient (Wildman–Crippen LogP) is -0.714. The number of amides is 1. The normalized spacial score (nSPS) is 14.8. The number of benzene rings is 1. The summed E-state index contributed by atoms with van der Waals surface area (Å²) in [6.45, 7) is 4.79. The van der Waals surface area contributed by atoms with Gasteiger partial charge >= 0.3 is 0 Å². The highest BCUT2D eigenvalue weighted by Gasteiger charge is 2.21. The van der Waals surface area contributed by atoms with E-state index in [4.69, 9.17) is 14.2 Å². The predicted molar refractivity (Wildman–Crippen MR) is 103 cm³/mol. The Bertz CT molecular complexity index is 905. The van der Waals surface area contributed by atoms with Crippen molar-refractivity contribution in [2.75, 3.05) is 53.6 Å². The topological polar surface area (TPSA) is 114 Å². The molecule has 28 heavy (non-hydrogen) atoms. The van der Waals surface area contributed by atoms with Gasteiger partial charge in [-0.1, -0.05) is 0 Å². The minimum atomic E-state index is -0.659. The van der Waals surface area contributed by atoms with Crippen LogP contribution < -0.4 is 25.2 Å². The molecule has 9 nitrogen and oxygen atoms in total. The van der Waals surface area contributed by atoms with Gasteiger partial charge in [0.1, 0.15) is 24.4 Å². The lowest BCUT2D eigenvalue weighted by Gasteiger charge is -2.23. The molecule has 152 valence electrons. The maximum Gasteiger partial charge on any atom is 0.265 e. The monoisotopic (exact) mass is 392 g/mol. The molecule has 1 aromatic heterocycles. The van der Waals surface area contributed by atoms with Crippen LogP contribution in [-0.2, 0) is 4.74 Å². The quantitative estimate of drug-likeness (QED) is 0.463. The second kappa shape index (κ2) is 8.94. The van der Waals surface area contributed by atoms with Crippen LogP contribution in [0.25, 0.3) is 10.9 Å². The second-order valence-electron chi connectivity index (χ2n) is 6.65. The van der Waals surface area contributed by atoms with E-state index in [2.05, 4.69) is 10.3 Å². The fourth-order valence-corrected chi connectivity index (χ4v) is 3.35. The minimum absolute atomic E-state index is 0.306. The van der Waals surface area contributed by atoms with Crippen molar-refractivity contribution in [2.45, 2.75) is 6.42 Å². The van der Waals surface area contributed by atoms with Gasteiger partial charge in [-0.2, -0.15) is 0 Å². The van der Waals surface area contributed by atoms with Gasteiger partial charge in [-0.3, -0.25) is 9.59 Å². The molecule has 0 radical (unpaired) electrons. The summed E-state index contributed by atoms with van der Waals surface area (Å²) in [6, 6.07) is 3.07. The Morgan fingerprint density at radius 3 is 2.61 bits per heavy atom. The van der Waals surface area contributed by atoms with E-state index in [1.807, 2.05) is 0 Å². The van der Waals surface area contributed by atoms with Crippen LogP contribution in [-0.4, -0.2) is 69.6 Å². The maximum absolute atomic E-state index is 12.5. The van der Waals surface area contributed by atoms with Crippen molar-refractivity contribution in [1.82, 2.24) is 10.3 Å². The molecule has 0 unspecified atom stereocenters. The molecule has 0 aliphatic carbocycles. The zero-order valence-corrected chi connectivity index (χ0v) is 16.1. The minimum Gasteiger partial charge on any atom is -0.506 e. The highest BCUT2D eigenvalue weighted by molar-refractivity contribution is 6.02. The van der Waals surface area contributed by atoms with Crippen LogP contribution in [0.5, 0.6) is 17.2 Å². The molecule has 9 heteroatoms. The summed E-state index contributed by atoms with van der Waals surface area (Å²) >= 11 is 0. The second-order valence-corrected chi connectivity index (χ2v) is 6.65. The number of quaternary nitrogens is 1. The van der Waals surface area contributed by atoms with Gasteiger partial charge in [0.15, 0.2) is 11.5 Å². The third-order valence-electron chi connectivity index (χ3n) is 4.91. The van der Waals surface area contributed by atoms with Crippen LogP contribution in [0, 0.1) is 0 Å².